The Morgan fingerprint density at radius 1 is 1.21 bits per heavy atom. The number of hydrogen-bond donors (Lipinski definition) is 0. The van der Waals surface area contributed by atoms with E-state index in [0.29, 0.717) is 43.6 Å². The predicted molar refractivity (Wildman–Crippen MR) is 124 cm³/mol. The normalized spacial score (nSPS) is 18.2. The summed E-state index contributed by atoms with van der Waals surface area (Å²) in [5, 5.41) is 9.31. The summed E-state index contributed by atoms with van der Waals surface area (Å²) in [5.41, 5.74) is 0. The molecule has 1 atom stereocenters. The molecule has 0 radical (unpaired) electrons. The van der Waals surface area contributed by atoms with E-state index < -0.39 is 0 Å². The van der Waals surface area contributed by atoms with E-state index in [9.17, 15) is 9.59 Å². The average molecular weight is 474 g/mol. The topological polar surface area (TPSA) is 89.8 Å². The number of benzene rings is 1. The summed E-state index contributed by atoms with van der Waals surface area (Å²) in [5.74, 6) is 2.62. The van der Waals surface area contributed by atoms with E-state index in [-0.39, 0.29) is 23.7 Å². The lowest BCUT2D eigenvalue weighted by Gasteiger charge is -2.29. The number of ether oxygens (including phenoxy) is 2. The lowest BCUT2D eigenvalue weighted by atomic mass is 10.2. The number of rotatable bonds is 8. The fourth-order valence-electron chi connectivity index (χ4n) is 4.03. The number of hydrogen-bond acceptors (Lipinski definition) is 7. The van der Waals surface area contributed by atoms with E-state index in [2.05, 4.69) is 10.2 Å². The zero-order valence-electron chi connectivity index (χ0n) is 19.2. The van der Waals surface area contributed by atoms with Crippen molar-refractivity contribution in [2.45, 2.75) is 57.0 Å². The van der Waals surface area contributed by atoms with Gasteiger partial charge < -0.3 is 23.8 Å². The van der Waals surface area contributed by atoms with E-state index in [1.54, 1.807) is 11.9 Å². The van der Waals surface area contributed by atoms with Gasteiger partial charge in [0.2, 0.25) is 11.8 Å². The van der Waals surface area contributed by atoms with Crippen molar-refractivity contribution in [3.63, 3.8) is 0 Å². The first-order valence-corrected chi connectivity index (χ1v) is 12.5. The Morgan fingerprint density at radius 2 is 2.03 bits per heavy atom. The number of likely N-dealkylation sites (tertiary alicyclic amines) is 1. The molecule has 0 bridgehead atoms. The van der Waals surface area contributed by atoms with Crippen molar-refractivity contribution in [3.05, 3.63) is 30.1 Å². The van der Waals surface area contributed by atoms with Gasteiger partial charge in [-0.2, -0.15) is 0 Å². The first kappa shape index (κ1) is 23.4. The molecule has 1 saturated heterocycles. The minimum atomic E-state index is -0.212. The van der Waals surface area contributed by atoms with Gasteiger partial charge >= 0.3 is 0 Å². The number of para-hydroxylation sites is 2. The summed E-state index contributed by atoms with van der Waals surface area (Å²) in [6.07, 6.45) is 3.46. The van der Waals surface area contributed by atoms with Crippen LogP contribution in [0.25, 0.3) is 0 Å². The van der Waals surface area contributed by atoms with Crippen LogP contribution < -0.4 is 9.47 Å². The average Bonchev–Trinajstić information content (AvgIpc) is 3.10. The molecule has 1 fully saturated rings. The number of carbonyl (C=O) groups is 2. The summed E-state index contributed by atoms with van der Waals surface area (Å²) in [6.45, 7) is 4.78. The van der Waals surface area contributed by atoms with Gasteiger partial charge in [-0.25, -0.2) is 0 Å². The largest absolute Gasteiger partial charge is 0.486 e. The van der Waals surface area contributed by atoms with Crippen molar-refractivity contribution in [3.8, 4) is 11.5 Å². The highest BCUT2D eigenvalue weighted by Gasteiger charge is 2.25. The molecule has 9 nitrogen and oxygen atoms in total. The SMILES string of the molecule is CCn1c(CN2CCCCCC2=O)nnc1SCC(=O)N(C)CC1COc2ccccc2O1. The Morgan fingerprint density at radius 3 is 2.85 bits per heavy atom. The van der Waals surface area contributed by atoms with Crippen molar-refractivity contribution in [1.82, 2.24) is 24.6 Å². The van der Waals surface area contributed by atoms with Crippen LogP contribution in [0.15, 0.2) is 29.4 Å². The lowest BCUT2D eigenvalue weighted by Crippen LogP contribution is -2.42. The number of amides is 2. The molecule has 1 aromatic heterocycles. The summed E-state index contributed by atoms with van der Waals surface area (Å²) < 4.78 is 13.7. The molecule has 2 amide bonds. The highest BCUT2D eigenvalue weighted by Crippen LogP contribution is 2.31. The summed E-state index contributed by atoms with van der Waals surface area (Å²) in [7, 11) is 1.77. The molecule has 10 heteroatoms. The number of likely N-dealkylation sites (N-methyl/N-ethyl adjacent to an activating group) is 1. The number of aromatic nitrogens is 3. The van der Waals surface area contributed by atoms with Crippen LogP contribution in [0.5, 0.6) is 11.5 Å². The van der Waals surface area contributed by atoms with Crippen LogP contribution in [-0.2, 0) is 22.7 Å². The Labute approximate surface area is 198 Å². The Hall–Kier alpha value is -2.75. The first-order chi connectivity index (χ1) is 16.0. The maximum atomic E-state index is 12.7. The fraction of sp³-hybridized carbons (Fsp3) is 0.565. The molecule has 4 rings (SSSR count). The van der Waals surface area contributed by atoms with Crippen molar-refractivity contribution >= 4 is 23.6 Å². The fourth-order valence-corrected chi connectivity index (χ4v) is 5.00. The van der Waals surface area contributed by atoms with E-state index in [4.69, 9.17) is 9.47 Å². The molecule has 0 N–H and O–H groups in total. The Balaban J connectivity index is 1.30. The zero-order valence-corrected chi connectivity index (χ0v) is 20.1. The zero-order chi connectivity index (χ0) is 23.2. The van der Waals surface area contributed by atoms with Gasteiger partial charge in [-0.05, 0) is 31.9 Å². The third kappa shape index (κ3) is 5.79. The molecular weight excluding hydrogens is 442 g/mol. The van der Waals surface area contributed by atoms with Gasteiger partial charge in [0.15, 0.2) is 28.6 Å². The predicted octanol–water partition coefficient (Wildman–Crippen LogP) is 2.59. The molecule has 2 aromatic rings. The standard InChI is InChI=1S/C23H31N5O4S/c1-3-28-20(14-27-12-8-4-5-11-21(27)29)24-25-23(28)33-16-22(30)26(2)13-17-15-31-18-9-6-7-10-19(18)32-17/h6-7,9-10,17H,3-5,8,11-16H2,1-2H3. The van der Waals surface area contributed by atoms with E-state index in [1.165, 1.54) is 11.8 Å². The molecule has 0 aliphatic carbocycles. The van der Waals surface area contributed by atoms with Gasteiger partial charge in [-0.3, -0.25) is 9.59 Å². The number of carbonyl (C=O) groups excluding carboxylic acids is 2. The molecule has 2 aliphatic heterocycles. The number of fused-ring (bicyclic) bond motifs is 1. The molecule has 1 aromatic carbocycles. The summed E-state index contributed by atoms with van der Waals surface area (Å²) >= 11 is 1.37. The summed E-state index contributed by atoms with van der Waals surface area (Å²) in [6, 6.07) is 7.55. The highest BCUT2D eigenvalue weighted by atomic mass is 32.2. The van der Waals surface area contributed by atoms with Crippen molar-refractivity contribution in [2.75, 3.05) is 32.5 Å². The second-order valence-corrected chi connectivity index (χ2v) is 9.27. The van der Waals surface area contributed by atoms with Gasteiger partial charge in [-0.15, -0.1) is 10.2 Å². The van der Waals surface area contributed by atoms with E-state index >= 15 is 0 Å². The second-order valence-electron chi connectivity index (χ2n) is 8.33. The van der Waals surface area contributed by atoms with Crippen LogP contribution in [0.1, 0.15) is 38.4 Å². The minimum Gasteiger partial charge on any atom is -0.486 e. The van der Waals surface area contributed by atoms with E-state index in [1.807, 2.05) is 40.7 Å². The monoisotopic (exact) mass is 473 g/mol. The Kier molecular flexibility index (Phi) is 7.74. The Bertz CT molecular complexity index is 982. The maximum absolute atomic E-state index is 12.7. The second kappa shape index (κ2) is 10.9. The quantitative estimate of drug-likeness (QED) is 0.545. The molecule has 33 heavy (non-hydrogen) atoms. The third-order valence-electron chi connectivity index (χ3n) is 5.91. The molecular formula is C23H31N5O4S. The molecule has 0 spiro atoms. The minimum absolute atomic E-state index is 0.0163. The van der Waals surface area contributed by atoms with Gasteiger partial charge in [0, 0.05) is 26.6 Å². The van der Waals surface area contributed by atoms with E-state index in [0.717, 1.165) is 37.4 Å². The summed E-state index contributed by atoms with van der Waals surface area (Å²) in [4.78, 5) is 28.6. The molecule has 3 heterocycles. The van der Waals surface area contributed by atoms with Crippen LogP contribution in [0.4, 0.5) is 0 Å². The van der Waals surface area contributed by atoms with Gasteiger partial charge in [-0.1, -0.05) is 30.3 Å². The third-order valence-corrected chi connectivity index (χ3v) is 6.86. The van der Waals surface area contributed by atoms with Crippen LogP contribution in [0.2, 0.25) is 0 Å². The van der Waals surface area contributed by atoms with Gasteiger partial charge in [0.1, 0.15) is 6.61 Å². The van der Waals surface area contributed by atoms with Crippen molar-refractivity contribution < 1.29 is 19.1 Å². The highest BCUT2D eigenvalue weighted by molar-refractivity contribution is 7.99. The first-order valence-electron chi connectivity index (χ1n) is 11.5. The van der Waals surface area contributed by atoms with Crippen LogP contribution in [0.3, 0.4) is 0 Å². The smallest absolute Gasteiger partial charge is 0.232 e. The van der Waals surface area contributed by atoms with Crippen LogP contribution in [0, 0.1) is 0 Å². The number of nitrogens with zero attached hydrogens (tertiary/aromatic N) is 5. The molecule has 1 unspecified atom stereocenters. The molecule has 2 aliphatic rings. The molecule has 178 valence electrons. The van der Waals surface area contributed by atoms with Crippen molar-refractivity contribution in [1.29, 1.82) is 0 Å². The number of thioether (sulfide) groups is 1. The van der Waals surface area contributed by atoms with Gasteiger partial charge in [0.05, 0.1) is 18.8 Å². The van der Waals surface area contributed by atoms with Crippen molar-refractivity contribution in [2.24, 2.45) is 0 Å². The lowest BCUT2D eigenvalue weighted by molar-refractivity contribution is -0.131. The molecule has 0 saturated carbocycles. The van der Waals surface area contributed by atoms with Crippen LogP contribution >= 0.6 is 11.8 Å². The van der Waals surface area contributed by atoms with Gasteiger partial charge in [0.25, 0.3) is 0 Å². The van der Waals surface area contributed by atoms with Crippen LogP contribution in [-0.4, -0.2) is 75.0 Å². The maximum Gasteiger partial charge on any atom is 0.232 e.